The molecule has 0 aromatic carbocycles. The summed E-state index contributed by atoms with van der Waals surface area (Å²) < 4.78 is 0. The monoisotopic (exact) mass is 290 g/mol. The Morgan fingerprint density at radius 2 is 2.29 bits per heavy atom. The molecule has 1 atom stereocenters. The molecule has 4 nitrogen and oxygen atoms in total. The first kappa shape index (κ1) is 16.2. The molecule has 1 N–H and O–H groups in total. The summed E-state index contributed by atoms with van der Waals surface area (Å²) in [4.78, 5) is 9.31. The van der Waals surface area contributed by atoms with Crippen molar-refractivity contribution in [1.29, 1.82) is 0 Å². The molecule has 1 saturated heterocycles. The van der Waals surface area contributed by atoms with Crippen molar-refractivity contribution in [2.75, 3.05) is 38.1 Å². The van der Waals surface area contributed by atoms with Crippen molar-refractivity contribution in [3.05, 3.63) is 24.0 Å². The van der Waals surface area contributed by atoms with Gasteiger partial charge < -0.3 is 10.2 Å². The van der Waals surface area contributed by atoms with Gasteiger partial charge >= 0.3 is 0 Å². The molecule has 1 aromatic rings. The molecular formula is C17H30N4. The Bertz CT molecular complexity index is 421. The lowest BCUT2D eigenvalue weighted by molar-refractivity contribution is 0.270. The van der Waals surface area contributed by atoms with Crippen LogP contribution in [0.15, 0.2) is 18.5 Å². The van der Waals surface area contributed by atoms with E-state index in [0.717, 1.165) is 26.2 Å². The van der Waals surface area contributed by atoms with E-state index in [0.29, 0.717) is 6.04 Å². The second kappa shape index (κ2) is 8.35. The maximum atomic E-state index is 4.33. The van der Waals surface area contributed by atoms with Gasteiger partial charge in [0, 0.05) is 32.4 Å². The van der Waals surface area contributed by atoms with Crippen LogP contribution in [0.25, 0.3) is 0 Å². The van der Waals surface area contributed by atoms with Crippen LogP contribution in [0.2, 0.25) is 0 Å². The topological polar surface area (TPSA) is 31.4 Å². The Hall–Kier alpha value is -1.13. The molecular weight excluding hydrogens is 260 g/mol. The van der Waals surface area contributed by atoms with Crippen LogP contribution in [0.4, 0.5) is 5.69 Å². The van der Waals surface area contributed by atoms with Crippen LogP contribution in [0.5, 0.6) is 0 Å². The van der Waals surface area contributed by atoms with Crippen LogP contribution >= 0.6 is 0 Å². The van der Waals surface area contributed by atoms with Crippen LogP contribution < -0.4 is 10.2 Å². The van der Waals surface area contributed by atoms with Gasteiger partial charge in [0.25, 0.3) is 0 Å². The molecule has 118 valence electrons. The molecule has 0 radical (unpaired) electrons. The maximum absolute atomic E-state index is 4.33. The fourth-order valence-electron chi connectivity index (χ4n) is 3.24. The fraction of sp³-hybridized carbons (Fsp3) is 0.706. The first-order valence-corrected chi connectivity index (χ1v) is 8.35. The predicted octanol–water partition coefficient (Wildman–Crippen LogP) is 2.50. The Morgan fingerprint density at radius 1 is 1.43 bits per heavy atom. The van der Waals surface area contributed by atoms with E-state index in [4.69, 9.17) is 0 Å². The minimum absolute atomic E-state index is 0.691. The van der Waals surface area contributed by atoms with E-state index < -0.39 is 0 Å². The number of hydrogen-bond acceptors (Lipinski definition) is 4. The third kappa shape index (κ3) is 4.42. The van der Waals surface area contributed by atoms with Crippen molar-refractivity contribution in [3.63, 3.8) is 0 Å². The highest BCUT2D eigenvalue weighted by Gasteiger charge is 2.24. The number of aromatic nitrogens is 1. The van der Waals surface area contributed by atoms with Gasteiger partial charge in [0.2, 0.25) is 0 Å². The van der Waals surface area contributed by atoms with Gasteiger partial charge in [-0.2, -0.15) is 0 Å². The summed E-state index contributed by atoms with van der Waals surface area (Å²) in [5, 5.41) is 3.50. The molecule has 0 aliphatic carbocycles. The lowest BCUT2D eigenvalue weighted by Gasteiger charge is -2.30. The minimum Gasteiger partial charge on any atom is -0.372 e. The maximum Gasteiger partial charge on any atom is 0.0596 e. The summed E-state index contributed by atoms with van der Waals surface area (Å²) in [6.07, 6.45) is 7.73. The number of likely N-dealkylation sites (N-methyl/N-ethyl adjacent to an activating group) is 2. The van der Waals surface area contributed by atoms with Crippen molar-refractivity contribution in [1.82, 2.24) is 15.2 Å². The molecule has 0 saturated carbocycles. The SMILES string of the molecule is CCCNCc1ccncc1N(C)CC1CCCN1CC. The molecule has 1 aromatic heterocycles. The highest BCUT2D eigenvalue weighted by atomic mass is 15.2. The molecule has 1 aliphatic rings. The summed E-state index contributed by atoms with van der Waals surface area (Å²) in [5.41, 5.74) is 2.62. The van der Waals surface area contributed by atoms with Gasteiger partial charge in [-0.05, 0) is 50.5 Å². The standard InChI is InChI=1S/C17H30N4/c1-4-9-18-12-15-8-10-19-13-17(15)20(3)14-16-7-6-11-21(16)5-2/h8,10,13,16,18H,4-7,9,11-12,14H2,1-3H3. The largest absolute Gasteiger partial charge is 0.372 e. The van der Waals surface area contributed by atoms with Crippen LogP contribution in [0, 0.1) is 0 Å². The molecule has 1 aliphatic heterocycles. The average molecular weight is 290 g/mol. The van der Waals surface area contributed by atoms with E-state index in [1.54, 1.807) is 0 Å². The zero-order valence-electron chi connectivity index (χ0n) is 13.8. The van der Waals surface area contributed by atoms with Gasteiger partial charge in [-0.25, -0.2) is 0 Å². The van der Waals surface area contributed by atoms with Crippen molar-refractivity contribution in [3.8, 4) is 0 Å². The second-order valence-corrected chi connectivity index (χ2v) is 5.99. The summed E-state index contributed by atoms with van der Waals surface area (Å²) in [6.45, 7) is 9.98. The van der Waals surface area contributed by atoms with E-state index >= 15 is 0 Å². The molecule has 1 unspecified atom stereocenters. The van der Waals surface area contributed by atoms with Crippen LogP contribution in [0.1, 0.15) is 38.7 Å². The molecule has 4 heteroatoms. The molecule has 0 bridgehead atoms. The summed E-state index contributed by atoms with van der Waals surface area (Å²) in [7, 11) is 2.20. The molecule has 2 rings (SSSR count). The molecule has 1 fully saturated rings. The van der Waals surface area contributed by atoms with Crippen molar-refractivity contribution >= 4 is 5.69 Å². The van der Waals surface area contributed by atoms with Crippen LogP contribution in [-0.2, 0) is 6.54 Å². The van der Waals surface area contributed by atoms with Crippen molar-refractivity contribution in [2.24, 2.45) is 0 Å². The fourth-order valence-corrected chi connectivity index (χ4v) is 3.24. The third-order valence-corrected chi connectivity index (χ3v) is 4.43. The van der Waals surface area contributed by atoms with E-state index in [1.807, 2.05) is 12.4 Å². The van der Waals surface area contributed by atoms with Gasteiger partial charge in [0.1, 0.15) is 0 Å². The Kier molecular flexibility index (Phi) is 6.46. The Balaban J connectivity index is 1.99. The summed E-state index contributed by atoms with van der Waals surface area (Å²) in [6, 6.07) is 2.83. The number of nitrogens with zero attached hydrogens (tertiary/aromatic N) is 3. The molecule has 2 heterocycles. The predicted molar refractivity (Wildman–Crippen MR) is 89.8 cm³/mol. The van der Waals surface area contributed by atoms with E-state index in [-0.39, 0.29) is 0 Å². The normalized spacial score (nSPS) is 19.1. The first-order valence-electron chi connectivity index (χ1n) is 8.35. The van der Waals surface area contributed by atoms with Gasteiger partial charge in [0.15, 0.2) is 0 Å². The van der Waals surface area contributed by atoms with Gasteiger partial charge in [-0.3, -0.25) is 9.88 Å². The lowest BCUT2D eigenvalue weighted by Crippen LogP contribution is -2.39. The van der Waals surface area contributed by atoms with Gasteiger partial charge in [-0.1, -0.05) is 13.8 Å². The van der Waals surface area contributed by atoms with E-state index in [2.05, 4.69) is 47.1 Å². The molecule has 0 spiro atoms. The number of nitrogens with one attached hydrogen (secondary N) is 1. The van der Waals surface area contributed by atoms with E-state index in [9.17, 15) is 0 Å². The van der Waals surface area contributed by atoms with E-state index in [1.165, 1.54) is 37.1 Å². The summed E-state index contributed by atoms with van der Waals surface area (Å²) >= 11 is 0. The lowest BCUT2D eigenvalue weighted by atomic mass is 10.1. The van der Waals surface area contributed by atoms with Gasteiger partial charge in [-0.15, -0.1) is 0 Å². The van der Waals surface area contributed by atoms with Crippen molar-refractivity contribution < 1.29 is 0 Å². The van der Waals surface area contributed by atoms with Gasteiger partial charge in [0.05, 0.1) is 11.9 Å². The number of anilines is 1. The number of rotatable bonds is 8. The smallest absolute Gasteiger partial charge is 0.0596 e. The van der Waals surface area contributed by atoms with Crippen LogP contribution in [0.3, 0.4) is 0 Å². The highest BCUT2D eigenvalue weighted by Crippen LogP contribution is 2.22. The quantitative estimate of drug-likeness (QED) is 0.746. The average Bonchev–Trinajstić information content (AvgIpc) is 2.95. The number of pyridine rings is 1. The number of likely N-dealkylation sites (tertiary alicyclic amines) is 1. The highest BCUT2D eigenvalue weighted by molar-refractivity contribution is 5.51. The molecule has 0 amide bonds. The first-order chi connectivity index (χ1) is 10.3. The Morgan fingerprint density at radius 3 is 3.05 bits per heavy atom. The van der Waals surface area contributed by atoms with Crippen LogP contribution in [-0.4, -0.2) is 49.2 Å². The third-order valence-electron chi connectivity index (χ3n) is 4.43. The second-order valence-electron chi connectivity index (χ2n) is 5.99. The zero-order valence-corrected chi connectivity index (χ0v) is 13.8. The van der Waals surface area contributed by atoms with Crippen molar-refractivity contribution in [2.45, 2.75) is 45.7 Å². The zero-order chi connectivity index (χ0) is 15.1. The Labute approximate surface area is 129 Å². The number of hydrogen-bond donors (Lipinski definition) is 1. The summed E-state index contributed by atoms with van der Waals surface area (Å²) in [5.74, 6) is 0. The minimum atomic E-state index is 0.691. The molecule has 21 heavy (non-hydrogen) atoms.